The topological polar surface area (TPSA) is 38.0 Å². The Kier molecular flexibility index (Phi) is 6.19. The standard InChI is InChI=1S/C27H25F3NO2/c1-17-6-9-24-20(12-17)7-8-22(26(24)33)14-21-10-11-31(16-25(21)18(2)32)15-19-4-3-5-23(13-19)27(28,29)30/h3-6,9-13,16,22H,7-8,14-15H2,1-2H3/q+1. The van der Waals surface area contributed by atoms with Gasteiger partial charge in [0.15, 0.2) is 30.5 Å². The van der Waals surface area contributed by atoms with Gasteiger partial charge in [-0.2, -0.15) is 13.2 Å². The second-order valence-electron chi connectivity index (χ2n) is 8.77. The van der Waals surface area contributed by atoms with Gasteiger partial charge in [0.1, 0.15) is 0 Å². The minimum atomic E-state index is -4.40. The number of aryl methyl sites for hydroxylation is 2. The van der Waals surface area contributed by atoms with Gasteiger partial charge in [-0.1, -0.05) is 35.9 Å². The Bertz CT molecular complexity index is 1230. The average molecular weight is 452 g/mol. The van der Waals surface area contributed by atoms with E-state index in [1.807, 2.05) is 25.1 Å². The van der Waals surface area contributed by atoms with E-state index in [1.54, 1.807) is 23.0 Å². The Hall–Kier alpha value is -3.28. The first-order valence-corrected chi connectivity index (χ1v) is 10.9. The van der Waals surface area contributed by atoms with Crippen LogP contribution in [0.4, 0.5) is 13.2 Å². The summed E-state index contributed by atoms with van der Waals surface area (Å²) < 4.78 is 40.8. The smallest absolute Gasteiger partial charge is 0.294 e. The number of benzene rings is 2. The molecule has 0 radical (unpaired) electrons. The van der Waals surface area contributed by atoms with Gasteiger partial charge >= 0.3 is 6.18 Å². The van der Waals surface area contributed by atoms with Crippen molar-refractivity contribution in [2.45, 2.75) is 45.8 Å². The number of pyridine rings is 1. The minimum absolute atomic E-state index is 0.103. The van der Waals surface area contributed by atoms with Crippen LogP contribution in [0, 0.1) is 12.8 Å². The first kappa shape index (κ1) is 22.9. The SMILES string of the molecule is CC(=O)c1c[n+](Cc2cccc(C(F)(F)F)c2)ccc1CC1CCc2cc(C)ccc2C1=O. The van der Waals surface area contributed by atoms with Crippen molar-refractivity contribution in [3.63, 3.8) is 0 Å². The predicted molar refractivity (Wildman–Crippen MR) is 118 cm³/mol. The van der Waals surface area contributed by atoms with E-state index >= 15 is 0 Å². The molecule has 6 heteroatoms. The summed E-state index contributed by atoms with van der Waals surface area (Å²) in [6.07, 6.45) is 1.04. The molecule has 2 aromatic carbocycles. The van der Waals surface area contributed by atoms with Crippen molar-refractivity contribution >= 4 is 11.6 Å². The summed E-state index contributed by atoms with van der Waals surface area (Å²) in [7, 11) is 0. The van der Waals surface area contributed by atoms with Crippen LogP contribution in [-0.2, 0) is 25.6 Å². The van der Waals surface area contributed by atoms with Crippen molar-refractivity contribution in [2.75, 3.05) is 0 Å². The third kappa shape index (κ3) is 5.05. The molecule has 3 aromatic rings. The molecule has 1 heterocycles. The highest BCUT2D eigenvalue weighted by molar-refractivity contribution is 6.01. The fourth-order valence-corrected chi connectivity index (χ4v) is 4.53. The Labute approximate surface area is 190 Å². The Balaban J connectivity index is 1.57. The Morgan fingerprint density at radius 2 is 1.91 bits per heavy atom. The quantitative estimate of drug-likeness (QED) is 0.377. The van der Waals surface area contributed by atoms with Gasteiger partial charge in [0.05, 0.1) is 11.1 Å². The van der Waals surface area contributed by atoms with Crippen LogP contribution in [-0.4, -0.2) is 11.6 Å². The number of hydrogen-bond acceptors (Lipinski definition) is 2. The molecule has 0 amide bonds. The third-order valence-electron chi connectivity index (χ3n) is 6.23. The number of ketones is 2. The van der Waals surface area contributed by atoms with Crippen LogP contribution in [0.15, 0.2) is 60.9 Å². The minimum Gasteiger partial charge on any atom is -0.294 e. The predicted octanol–water partition coefficient (Wildman–Crippen LogP) is 5.54. The van der Waals surface area contributed by atoms with Crippen LogP contribution in [0.25, 0.3) is 0 Å². The molecule has 33 heavy (non-hydrogen) atoms. The number of nitrogens with zero attached hydrogens (tertiary/aromatic N) is 1. The highest BCUT2D eigenvalue weighted by Crippen LogP contribution is 2.30. The van der Waals surface area contributed by atoms with E-state index in [0.717, 1.165) is 47.2 Å². The number of rotatable bonds is 5. The largest absolute Gasteiger partial charge is 0.416 e. The Morgan fingerprint density at radius 1 is 1.12 bits per heavy atom. The molecule has 4 rings (SSSR count). The van der Waals surface area contributed by atoms with Crippen LogP contribution in [0.5, 0.6) is 0 Å². The zero-order chi connectivity index (χ0) is 23.8. The number of alkyl halides is 3. The van der Waals surface area contributed by atoms with Crippen molar-refractivity contribution in [3.05, 3.63) is 99.9 Å². The van der Waals surface area contributed by atoms with E-state index in [-0.39, 0.29) is 24.0 Å². The summed E-state index contributed by atoms with van der Waals surface area (Å²) in [4.78, 5) is 25.4. The lowest BCUT2D eigenvalue weighted by Crippen LogP contribution is -2.35. The first-order chi connectivity index (χ1) is 15.6. The van der Waals surface area contributed by atoms with Crippen LogP contribution in [0.1, 0.15) is 61.9 Å². The molecule has 1 aliphatic rings. The van der Waals surface area contributed by atoms with Gasteiger partial charge in [-0.3, -0.25) is 9.59 Å². The molecule has 0 bridgehead atoms. The highest BCUT2D eigenvalue weighted by atomic mass is 19.4. The maximum Gasteiger partial charge on any atom is 0.416 e. The van der Waals surface area contributed by atoms with Gasteiger partial charge in [-0.05, 0) is 56.4 Å². The fourth-order valence-electron chi connectivity index (χ4n) is 4.53. The van der Waals surface area contributed by atoms with Gasteiger partial charge in [-0.15, -0.1) is 0 Å². The number of halogens is 3. The molecule has 170 valence electrons. The van der Waals surface area contributed by atoms with Crippen LogP contribution >= 0.6 is 0 Å². The number of aromatic nitrogens is 1. The monoisotopic (exact) mass is 452 g/mol. The Morgan fingerprint density at radius 3 is 2.64 bits per heavy atom. The molecular weight excluding hydrogens is 427 g/mol. The molecule has 1 aromatic heterocycles. The second-order valence-corrected chi connectivity index (χ2v) is 8.77. The highest BCUT2D eigenvalue weighted by Gasteiger charge is 2.31. The molecule has 3 nitrogen and oxygen atoms in total. The van der Waals surface area contributed by atoms with Gasteiger partial charge < -0.3 is 0 Å². The zero-order valence-electron chi connectivity index (χ0n) is 18.6. The van der Waals surface area contributed by atoms with Gasteiger partial charge in [0.25, 0.3) is 0 Å². The zero-order valence-corrected chi connectivity index (χ0v) is 18.6. The summed E-state index contributed by atoms with van der Waals surface area (Å²) in [5.41, 5.74) is 4.05. The van der Waals surface area contributed by atoms with Crippen LogP contribution < -0.4 is 4.57 Å². The molecule has 0 spiro atoms. The van der Waals surface area contributed by atoms with E-state index in [2.05, 4.69) is 6.07 Å². The summed E-state index contributed by atoms with van der Waals surface area (Å²) in [6.45, 7) is 3.68. The van der Waals surface area contributed by atoms with E-state index in [9.17, 15) is 22.8 Å². The lowest BCUT2D eigenvalue weighted by Gasteiger charge is -2.24. The summed E-state index contributed by atoms with van der Waals surface area (Å²) in [5, 5.41) is 0. The van der Waals surface area contributed by atoms with Crippen molar-refractivity contribution in [1.29, 1.82) is 0 Å². The van der Waals surface area contributed by atoms with Gasteiger partial charge in [0.2, 0.25) is 0 Å². The molecule has 0 N–H and O–H groups in total. The van der Waals surface area contributed by atoms with E-state index in [4.69, 9.17) is 0 Å². The second kappa shape index (κ2) is 8.93. The van der Waals surface area contributed by atoms with Crippen LogP contribution in [0.2, 0.25) is 0 Å². The summed E-state index contributed by atoms with van der Waals surface area (Å²) >= 11 is 0. The number of Topliss-reactive ketones (excluding diaryl/α,β-unsaturated/α-hetero) is 2. The van der Waals surface area contributed by atoms with E-state index in [1.165, 1.54) is 13.0 Å². The van der Waals surface area contributed by atoms with E-state index < -0.39 is 11.7 Å². The molecule has 1 unspecified atom stereocenters. The third-order valence-corrected chi connectivity index (χ3v) is 6.23. The fraction of sp³-hybridized carbons (Fsp3) is 0.296. The van der Waals surface area contributed by atoms with Crippen LogP contribution in [0.3, 0.4) is 0 Å². The molecule has 0 aliphatic heterocycles. The lowest BCUT2D eigenvalue weighted by atomic mass is 9.79. The maximum absolute atomic E-state index is 13.1. The summed E-state index contributed by atoms with van der Waals surface area (Å²) in [5.74, 6) is -0.230. The normalized spacial score (nSPS) is 15.9. The van der Waals surface area contributed by atoms with Gasteiger partial charge in [0, 0.05) is 23.1 Å². The van der Waals surface area contributed by atoms with Crippen molar-refractivity contribution in [1.82, 2.24) is 0 Å². The lowest BCUT2D eigenvalue weighted by molar-refractivity contribution is -0.688. The maximum atomic E-state index is 13.1. The number of carbonyl (C=O) groups excluding carboxylic acids is 2. The average Bonchev–Trinajstić information content (AvgIpc) is 2.76. The summed E-state index contributed by atoms with van der Waals surface area (Å²) in [6, 6.07) is 12.9. The van der Waals surface area contributed by atoms with Crippen molar-refractivity contribution < 1.29 is 27.3 Å². The number of hydrogen-bond donors (Lipinski definition) is 0. The number of carbonyl (C=O) groups is 2. The van der Waals surface area contributed by atoms with Gasteiger partial charge in [-0.25, -0.2) is 4.57 Å². The molecule has 1 atom stereocenters. The van der Waals surface area contributed by atoms with Crippen molar-refractivity contribution in [3.8, 4) is 0 Å². The first-order valence-electron chi connectivity index (χ1n) is 10.9. The molecule has 0 saturated carbocycles. The van der Waals surface area contributed by atoms with Crippen molar-refractivity contribution in [2.24, 2.45) is 5.92 Å². The molecule has 0 fully saturated rings. The molecular formula is C27H25F3NO2+. The molecule has 1 aliphatic carbocycles. The molecule has 0 saturated heterocycles. The van der Waals surface area contributed by atoms with E-state index in [0.29, 0.717) is 17.5 Å². The number of fused-ring (bicyclic) bond motifs is 1.